The highest BCUT2D eigenvalue weighted by atomic mass is 127. The van der Waals surface area contributed by atoms with Crippen LogP contribution in [0, 0.1) is 3.57 Å². The van der Waals surface area contributed by atoms with Gasteiger partial charge >= 0.3 is 5.97 Å². The molecule has 0 saturated heterocycles. The normalized spacial score (nSPS) is 11.9. The second-order valence-corrected chi connectivity index (χ2v) is 4.97. The summed E-state index contributed by atoms with van der Waals surface area (Å²) in [7, 11) is 0. The number of hydrogen-bond acceptors (Lipinski definition) is 2. The summed E-state index contributed by atoms with van der Waals surface area (Å²) in [6, 6.07) is 3.96. The molecule has 1 aromatic carbocycles. The molecule has 4 nitrogen and oxygen atoms in total. The summed E-state index contributed by atoms with van der Waals surface area (Å²) in [5, 5.41) is 11.7. The highest BCUT2D eigenvalue weighted by Crippen LogP contribution is 2.19. The highest BCUT2D eigenvalue weighted by Gasteiger charge is 2.18. The fourth-order valence-electron chi connectivity index (χ4n) is 1.22. The Morgan fingerprint density at radius 2 is 2.18 bits per heavy atom. The molecule has 0 heterocycles. The van der Waals surface area contributed by atoms with Gasteiger partial charge in [0, 0.05) is 9.13 Å². The first-order valence-electron chi connectivity index (χ1n) is 4.94. The lowest BCUT2D eigenvalue weighted by Gasteiger charge is -2.12. The number of carbonyl (C=O) groups is 2. The SMILES string of the molecule is CC[C@H](NC(=O)c1ccc(I)c(Cl)c1)C(=O)O. The second kappa shape index (κ2) is 6.20. The molecule has 0 aliphatic carbocycles. The molecule has 0 spiro atoms. The lowest BCUT2D eigenvalue weighted by atomic mass is 10.1. The standard InChI is InChI=1S/C11H11ClINO3/c1-2-9(11(16)17)14-10(15)6-3-4-8(13)7(12)5-6/h3-5,9H,2H2,1H3,(H,14,15)(H,16,17)/t9-/m0/s1. The Labute approximate surface area is 117 Å². The molecule has 0 fully saturated rings. The van der Waals surface area contributed by atoms with Crippen LogP contribution in [-0.4, -0.2) is 23.0 Å². The van der Waals surface area contributed by atoms with Crippen LogP contribution < -0.4 is 5.32 Å². The third-order valence-corrected chi connectivity index (χ3v) is 3.77. The van der Waals surface area contributed by atoms with Gasteiger partial charge in [-0.25, -0.2) is 4.79 Å². The minimum atomic E-state index is -1.04. The molecule has 0 aliphatic rings. The van der Waals surface area contributed by atoms with Gasteiger partial charge < -0.3 is 10.4 Å². The van der Waals surface area contributed by atoms with Gasteiger partial charge in [0.05, 0.1) is 5.02 Å². The van der Waals surface area contributed by atoms with Crippen molar-refractivity contribution in [2.75, 3.05) is 0 Å². The third-order valence-electron chi connectivity index (χ3n) is 2.19. The van der Waals surface area contributed by atoms with Crippen LogP contribution in [-0.2, 0) is 4.79 Å². The molecule has 92 valence electrons. The molecular formula is C11H11ClINO3. The minimum absolute atomic E-state index is 0.333. The van der Waals surface area contributed by atoms with Gasteiger partial charge in [-0.1, -0.05) is 18.5 Å². The van der Waals surface area contributed by atoms with Gasteiger partial charge in [-0.3, -0.25) is 4.79 Å². The van der Waals surface area contributed by atoms with Gasteiger partial charge in [0.25, 0.3) is 5.91 Å². The van der Waals surface area contributed by atoms with E-state index in [0.717, 1.165) is 3.57 Å². The lowest BCUT2D eigenvalue weighted by Crippen LogP contribution is -2.40. The number of hydrogen-bond donors (Lipinski definition) is 2. The van der Waals surface area contributed by atoms with Crippen molar-refractivity contribution in [2.24, 2.45) is 0 Å². The molecule has 1 aromatic rings. The van der Waals surface area contributed by atoms with Gasteiger partial charge in [-0.05, 0) is 47.2 Å². The van der Waals surface area contributed by atoms with Crippen LogP contribution in [0.25, 0.3) is 0 Å². The average molecular weight is 368 g/mol. The van der Waals surface area contributed by atoms with Crippen LogP contribution in [0.1, 0.15) is 23.7 Å². The Hall–Kier alpha value is -0.820. The van der Waals surface area contributed by atoms with E-state index < -0.39 is 17.9 Å². The summed E-state index contributed by atoms with van der Waals surface area (Å²) in [5.41, 5.74) is 0.357. The maximum atomic E-state index is 11.7. The molecule has 0 aromatic heterocycles. The second-order valence-electron chi connectivity index (χ2n) is 3.40. The van der Waals surface area contributed by atoms with Crippen LogP contribution in [0.15, 0.2) is 18.2 Å². The first kappa shape index (κ1) is 14.2. The Kier molecular flexibility index (Phi) is 5.20. The molecule has 1 atom stereocenters. The highest BCUT2D eigenvalue weighted by molar-refractivity contribution is 14.1. The van der Waals surface area contributed by atoms with Crippen LogP contribution in [0.5, 0.6) is 0 Å². The van der Waals surface area contributed by atoms with E-state index in [1.165, 1.54) is 6.07 Å². The fourth-order valence-corrected chi connectivity index (χ4v) is 1.73. The fraction of sp³-hybridized carbons (Fsp3) is 0.273. The van der Waals surface area contributed by atoms with E-state index in [-0.39, 0.29) is 0 Å². The summed E-state index contributed by atoms with van der Waals surface area (Å²) >= 11 is 7.94. The summed E-state index contributed by atoms with van der Waals surface area (Å²) in [6.45, 7) is 1.69. The molecule has 2 N–H and O–H groups in total. The van der Waals surface area contributed by atoms with Crippen molar-refractivity contribution in [1.29, 1.82) is 0 Å². The number of halogens is 2. The molecule has 6 heteroatoms. The zero-order valence-corrected chi connectivity index (χ0v) is 11.9. The number of rotatable bonds is 4. The lowest BCUT2D eigenvalue weighted by molar-refractivity contribution is -0.139. The summed E-state index contributed by atoms with van der Waals surface area (Å²) < 4.78 is 0.839. The van der Waals surface area contributed by atoms with Gasteiger partial charge in [0.2, 0.25) is 0 Å². The van der Waals surface area contributed by atoms with E-state index in [2.05, 4.69) is 27.9 Å². The van der Waals surface area contributed by atoms with E-state index in [1.54, 1.807) is 19.1 Å². The van der Waals surface area contributed by atoms with Crippen LogP contribution in [0.3, 0.4) is 0 Å². The van der Waals surface area contributed by atoms with Gasteiger partial charge in [-0.2, -0.15) is 0 Å². The maximum absolute atomic E-state index is 11.7. The third kappa shape index (κ3) is 3.85. The number of nitrogens with one attached hydrogen (secondary N) is 1. The monoisotopic (exact) mass is 367 g/mol. The van der Waals surface area contributed by atoms with Gasteiger partial charge in [-0.15, -0.1) is 0 Å². The van der Waals surface area contributed by atoms with Crippen LogP contribution >= 0.6 is 34.2 Å². The minimum Gasteiger partial charge on any atom is -0.480 e. The Morgan fingerprint density at radius 3 is 2.65 bits per heavy atom. The Balaban J connectivity index is 2.82. The molecular weight excluding hydrogens is 356 g/mol. The summed E-state index contributed by atoms with van der Waals surface area (Å²) in [6.07, 6.45) is 0.333. The van der Waals surface area contributed by atoms with Crippen molar-refractivity contribution in [3.63, 3.8) is 0 Å². The number of aliphatic carboxylic acids is 1. The summed E-state index contributed by atoms with van der Waals surface area (Å²) in [4.78, 5) is 22.5. The average Bonchev–Trinajstić information content (AvgIpc) is 2.28. The number of benzene rings is 1. The topological polar surface area (TPSA) is 66.4 Å². The number of carboxylic acids is 1. The molecule has 0 aliphatic heterocycles. The van der Waals surface area contributed by atoms with Crippen LogP contribution in [0.2, 0.25) is 5.02 Å². The van der Waals surface area contributed by atoms with Crippen molar-refractivity contribution in [1.82, 2.24) is 5.32 Å². The number of carbonyl (C=O) groups excluding carboxylic acids is 1. The van der Waals surface area contributed by atoms with Crippen molar-refractivity contribution in [3.8, 4) is 0 Å². The van der Waals surface area contributed by atoms with E-state index in [4.69, 9.17) is 16.7 Å². The van der Waals surface area contributed by atoms with Crippen molar-refractivity contribution in [2.45, 2.75) is 19.4 Å². The van der Waals surface area contributed by atoms with E-state index in [9.17, 15) is 9.59 Å². The molecule has 1 amide bonds. The van der Waals surface area contributed by atoms with Gasteiger partial charge in [0.1, 0.15) is 6.04 Å². The zero-order valence-electron chi connectivity index (χ0n) is 9.04. The largest absolute Gasteiger partial charge is 0.480 e. The first-order chi connectivity index (χ1) is 7.95. The van der Waals surface area contributed by atoms with Crippen molar-refractivity contribution >= 4 is 46.1 Å². The number of carboxylic acid groups (broad SMARTS) is 1. The van der Waals surface area contributed by atoms with Crippen molar-refractivity contribution in [3.05, 3.63) is 32.4 Å². The van der Waals surface area contributed by atoms with E-state index in [0.29, 0.717) is 17.0 Å². The molecule has 0 unspecified atom stereocenters. The first-order valence-corrected chi connectivity index (χ1v) is 6.40. The maximum Gasteiger partial charge on any atom is 0.326 e. The van der Waals surface area contributed by atoms with E-state index >= 15 is 0 Å². The predicted molar refractivity (Wildman–Crippen MR) is 73.4 cm³/mol. The van der Waals surface area contributed by atoms with Gasteiger partial charge in [0.15, 0.2) is 0 Å². The molecule has 0 radical (unpaired) electrons. The Bertz CT molecular complexity index is 450. The molecule has 0 saturated carbocycles. The molecule has 1 rings (SSSR count). The zero-order chi connectivity index (χ0) is 13.0. The quantitative estimate of drug-likeness (QED) is 0.804. The molecule has 17 heavy (non-hydrogen) atoms. The predicted octanol–water partition coefficient (Wildman–Crippen LogP) is 2.54. The van der Waals surface area contributed by atoms with E-state index in [1.807, 2.05) is 0 Å². The van der Waals surface area contributed by atoms with Crippen LogP contribution in [0.4, 0.5) is 0 Å². The number of amides is 1. The summed E-state index contributed by atoms with van der Waals surface area (Å²) in [5.74, 6) is -1.48. The van der Waals surface area contributed by atoms with Crippen molar-refractivity contribution < 1.29 is 14.7 Å². The molecule has 0 bridgehead atoms. The Morgan fingerprint density at radius 1 is 1.53 bits per heavy atom. The smallest absolute Gasteiger partial charge is 0.326 e.